The molecule has 2 atom stereocenters. The Hall–Kier alpha value is -1.15. The van der Waals surface area contributed by atoms with Gasteiger partial charge in [-0.05, 0) is 44.4 Å². The summed E-state index contributed by atoms with van der Waals surface area (Å²) < 4.78 is 46.6. The van der Waals surface area contributed by atoms with Crippen LogP contribution in [0.2, 0.25) is 0 Å². The van der Waals surface area contributed by atoms with Crippen LogP contribution in [0, 0.1) is 0 Å². The molecule has 1 rings (SSSR count). The first-order valence-corrected chi connectivity index (χ1v) is 11.3. The fourth-order valence-corrected chi connectivity index (χ4v) is 2.91. The summed E-state index contributed by atoms with van der Waals surface area (Å²) in [4.78, 5) is 0. The van der Waals surface area contributed by atoms with E-state index in [1.165, 1.54) is 51.0 Å². The molecule has 0 radical (unpaired) electrons. The molecule has 1 aromatic rings. The van der Waals surface area contributed by atoms with Crippen molar-refractivity contribution in [1.29, 1.82) is 0 Å². The standard InChI is InChI=1S/C20H34O6S/c1-4-5-6-7-8-9-10-19-11-13-20(14-12-19)25-16-15-24-17(2)26-18(3)27(21,22)23/h11-14,17-18H,4-10,15-16H2,1-3H3,(H,21,22,23). The summed E-state index contributed by atoms with van der Waals surface area (Å²) in [6.07, 6.45) is 8.11. The summed E-state index contributed by atoms with van der Waals surface area (Å²) in [5.74, 6) is 0.769. The molecule has 2 unspecified atom stereocenters. The van der Waals surface area contributed by atoms with Gasteiger partial charge in [0.15, 0.2) is 11.7 Å². The SMILES string of the molecule is CCCCCCCCc1ccc(OCCOC(C)OC(C)S(=O)(=O)O)cc1. The first kappa shape index (κ1) is 23.9. The van der Waals surface area contributed by atoms with Crippen LogP contribution in [-0.2, 0) is 26.0 Å². The predicted molar refractivity (Wildman–Crippen MR) is 107 cm³/mol. The van der Waals surface area contributed by atoms with Crippen LogP contribution in [0.25, 0.3) is 0 Å². The van der Waals surface area contributed by atoms with Gasteiger partial charge in [0.2, 0.25) is 0 Å². The zero-order valence-corrected chi connectivity index (χ0v) is 17.5. The van der Waals surface area contributed by atoms with Crippen LogP contribution in [0.4, 0.5) is 0 Å². The molecule has 7 heteroatoms. The molecule has 0 fully saturated rings. The van der Waals surface area contributed by atoms with Gasteiger partial charge in [-0.25, -0.2) is 0 Å². The number of hydrogen-bond acceptors (Lipinski definition) is 5. The summed E-state index contributed by atoms with van der Waals surface area (Å²) in [5.41, 5.74) is -0.0112. The van der Waals surface area contributed by atoms with E-state index in [2.05, 4.69) is 19.1 Å². The average Bonchev–Trinajstić information content (AvgIpc) is 2.62. The van der Waals surface area contributed by atoms with Crippen molar-refractivity contribution in [3.05, 3.63) is 29.8 Å². The molecular weight excluding hydrogens is 368 g/mol. The molecule has 0 saturated heterocycles. The van der Waals surface area contributed by atoms with E-state index in [1.807, 2.05) is 12.1 Å². The summed E-state index contributed by atoms with van der Waals surface area (Å²) in [6.45, 7) is 5.62. The Bertz CT molecular complexity index is 599. The van der Waals surface area contributed by atoms with Crippen molar-refractivity contribution in [3.63, 3.8) is 0 Å². The van der Waals surface area contributed by atoms with Crippen molar-refractivity contribution in [1.82, 2.24) is 0 Å². The first-order valence-electron chi connectivity index (χ1n) is 9.78. The minimum Gasteiger partial charge on any atom is -0.491 e. The number of aryl methyl sites for hydroxylation is 1. The zero-order valence-electron chi connectivity index (χ0n) is 16.7. The van der Waals surface area contributed by atoms with E-state index < -0.39 is 21.8 Å². The molecule has 0 aromatic heterocycles. The highest BCUT2D eigenvalue weighted by atomic mass is 32.2. The van der Waals surface area contributed by atoms with Gasteiger partial charge in [0.25, 0.3) is 10.1 Å². The zero-order chi connectivity index (χ0) is 20.1. The molecule has 0 saturated carbocycles. The summed E-state index contributed by atoms with van der Waals surface area (Å²) in [7, 11) is -4.22. The quantitative estimate of drug-likeness (QED) is 0.263. The topological polar surface area (TPSA) is 82.1 Å². The third kappa shape index (κ3) is 11.3. The van der Waals surface area contributed by atoms with Crippen molar-refractivity contribution in [3.8, 4) is 5.75 Å². The van der Waals surface area contributed by atoms with E-state index in [4.69, 9.17) is 18.8 Å². The lowest BCUT2D eigenvalue weighted by Crippen LogP contribution is -2.27. The number of rotatable bonds is 15. The van der Waals surface area contributed by atoms with Crippen LogP contribution in [0.5, 0.6) is 5.75 Å². The second-order valence-electron chi connectivity index (χ2n) is 6.67. The molecule has 0 amide bonds. The molecule has 6 nitrogen and oxygen atoms in total. The van der Waals surface area contributed by atoms with Crippen LogP contribution in [0.3, 0.4) is 0 Å². The second kappa shape index (κ2) is 13.1. The average molecular weight is 403 g/mol. The molecule has 27 heavy (non-hydrogen) atoms. The molecule has 0 aliphatic carbocycles. The largest absolute Gasteiger partial charge is 0.491 e. The Morgan fingerprint density at radius 3 is 2.22 bits per heavy atom. The minimum absolute atomic E-state index is 0.249. The van der Waals surface area contributed by atoms with Crippen molar-refractivity contribution in [2.45, 2.75) is 77.4 Å². The Balaban J connectivity index is 2.17. The smallest absolute Gasteiger partial charge is 0.292 e. The van der Waals surface area contributed by atoms with E-state index in [1.54, 1.807) is 6.92 Å². The maximum atomic E-state index is 10.9. The van der Waals surface area contributed by atoms with Gasteiger partial charge in [0.05, 0.1) is 6.61 Å². The number of benzene rings is 1. The van der Waals surface area contributed by atoms with Crippen molar-refractivity contribution in [2.75, 3.05) is 13.2 Å². The molecule has 1 N–H and O–H groups in total. The van der Waals surface area contributed by atoms with E-state index in [0.29, 0.717) is 6.61 Å². The molecule has 0 heterocycles. The van der Waals surface area contributed by atoms with Gasteiger partial charge in [-0.15, -0.1) is 0 Å². The third-order valence-corrected chi connectivity index (χ3v) is 5.20. The van der Waals surface area contributed by atoms with Gasteiger partial charge >= 0.3 is 0 Å². The third-order valence-electron chi connectivity index (χ3n) is 4.25. The molecule has 0 bridgehead atoms. The van der Waals surface area contributed by atoms with Gasteiger partial charge in [0, 0.05) is 0 Å². The minimum atomic E-state index is -4.22. The van der Waals surface area contributed by atoms with Gasteiger partial charge in [0.1, 0.15) is 12.4 Å². The monoisotopic (exact) mass is 402 g/mol. The highest BCUT2D eigenvalue weighted by molar-refractivity contribution is 7.86. The fourth-order valence-electron chi connectivity index (χ4n) is 2.61. The van der Waals surface area contributed by atoms with E-state index in [9.17, 15) is 8.42 Å². The van der Waals surface area contributed by atoms with Crippen LogP contribution in [0.15, 0.2) is 24.3 Å². The Morgan fingerprint density at radius 2 is 1.59 bits per heavy atom. The Kier molecular flexibility index (Phi) is 11.6. The Labute approximate surface area is 164 Å². The molecule has 0 aliphatic rings. The normalized spacial score (nSPS) is 14.1. The van der Waals surface area contributed by atoms with Crippen LogP contribution in [0.1, 0.15) is 64.9 Å². The molecule has 1 aromatic carbocycles. The summed E-state index contributed by atoms with van der Waals surface area (Å²) in [6, 6.07) is 8.07. The molecule has 0 aliphatic heterocycles. The number of hydrogen-bond donors (Lipinski definition) is 1. The predicted octanol–water partition coefficient (Wildman–Crippen LogP) is 4.58. The highest BCUT2D eigenvalue weighted by Crippen LogP contribution is 2.15. The van der Waals surface area contributed by atoms with Crippen LogP contribution in [-0.4, -0.2) is 37.9 Å². The molecule has 156 valence electrons. The number of unbranched alkanes of at least 4 members (excludes halogenated alkanes) is 5. The lowest BCUT2D eigenvalue weighted by molar-refractivity contribution is -0.142. The maximum Gasteiger partial charge on any atom is 0.292 e. The van der Waals surface area contributed by atoms with Gasteiger partial charge in [-0.2, -0.15) is 8.42 Å². The van der Waals surface area contributed by atoms with Crippen molar-refractivity contribution < 1.29 is 27.2 Å². The Morgan fingerprint density at radius 1 is 0.963 bits per heavy atom. The fraction of sp³-hybridized carbons (Fsp3) is 0.700. The lowest BCUT2D eigenvalue weighted by Gasteiger charge is -2.17. The summed E-state index contributed by atoms with van der Waals surface area (Å²) >= 11 is 0. The van der Waals surface area contributed by atoms with Gasteiger partial charge < -0.3 is 14.2 Å². The van der Waals surface area contributed by atoms with Crippen molar-refractivity contribution >= 4 is 10.1 Å². The van der Waals surface area contributed by atoms with Crippen LogP contribution >= 0.6 is 0 Å². The van der Waals surface area contributed by atoms with Crippen LogP contribution < -0.4 is 4.74 Å². The van der Waals surface area contributed by atoms with Gasteiger partial charge in [-0.1, -0.05) is 51.2 Å². The van der Waals surface area contributed by atoms with E-state index in [-0.39, 0.29) is 6.61 Å². The first-order chi connectivity index (χ1) is 12.8. The molecule has 0 spiro atoms. The van der Waals surface area contributed by atoms with E-state index >= 15 is 0 Å². The van der Waals surface area contributed by atoms with Gasteiger partial charge in [-0.3, -0.25) is 4.55 Å². The van der Waals surface area contributed by atoms with E-state index in [0.717, 1.165) is 12.2 Å². The lowest BCUT2D eigenvalue weighted by atomic mass is 10.0. The summed E-state index contributed by atoms with van der Waals surface area (Å²) in [5, 5.41) is 0. The van der Waals surface area contributed by atoms with Crippen molar-refractivity contribution in [2.24, 2.45) is 0 Å². The maximum absolute atomic E-state index is 10.9. The highest BCUT2D eigenvalue weighted by Gasteiger charge is 2.20. The number of ether oxygens (including phenoxy) is 3. The molecular formula is C20H34O6S. The second-order valence-corrected chi connectivity index (χ2v) is 8.36.